The number of carbonyl (C=O) groups is 1. The van der Waals surface area contributed by atoms with Crippen LogP contribution in [0.15, 0.2) is 6.07 Å². The van der Waals surface area contributed by atoms with Crippen LogP contribution in [0.5, 0.6) is 0 Å². The summed E-state index contributed by atoms with van der Waals surface area (Å²) < 4.78 is 0. The van der Waals surface area contributed by atoms with Gasteiger partial charge in [-0.2, -0.15) is 0 Å². The highest BCUT2D eigenvalue weighted by Gasteiger charge is 2.13. The zero-order chi connectivity index (χ0) is 8.55. The highest BCUT2D eigenvalue weighted by molar-refractivity contribution is 5.76. The van der Waals surface area contributed by atoms with Crippen molar-refractivity contribution in [3.63, 3.8) is 0 Å². The van der Waals surface area contributed by atoms with E-state index in [1.54, 1.807) is 0 Å². The van der Waals surface area contributed by atoms with Gasteiger partial charge in [-0.25, -0.2) is 0 Å². The Balaban J connectivity index is 2.56. The summed E-state index contributed by atoms with van der Waals surface area (Å²) in [5, 5.41) is 0. The molecular formula is C10H11NO. The molecule has 0 aliphatic heterocycles. The maximum absolute atomic E-state index is 10.6. The Labute approximate surface area is 71.6 Å². The van der Waals surface area contributed by atoms with Crippen LogP contribution in [-0.4, -0.2) is 11.3 Å². The van der Waals surface area contributed by atoms with Crippen LogP contribution < -0.4 is 0 Å². The van der Waals surface area contributed by atoms with Crippen LogP contribution in [-0.2, 0) is 12.8 Å². The van der Waals surface area contributed by atoms with Gasteiger partial charge in [0.15, 0.2) is 6.29 Å². The average Bonchev–Trinajstić information content (AvgIpc) is 2.49. The molecule has 1 aromatic rings. The number of nitrogens with zero attached hydrogens (tertiary/aromatic N) is 1. The van der Waals surface area contributed by atoms with Gasteiger partial charge >= 0.3 is 0 Å². The molecule has 1 aromatic heterocycles. The Morgan fingerprint density at radius 1 is 1.50 bits per heavy atom. The predicted molar refractivity (Wildman–Crippen MR) is 46.4 cm³/mol. The van der Waals surface area contributed by atoms with Crippen molar-refractivity contribution < 1.29 is 4.79 Å². The van der Waals surface area contributed by atoms with E-state index in [1.165, 1.54) is 17.7 Å². The second-order valence-corrected chi connectivity index (χ2v) is 3.24. The molecule has 0 unspecified atom stereocenters. The van der Waals surface area contributed by atoms with Crippen molar-refractivity contribution in [2.24, 2.45) is 0 Å². The van der Waals surface area contributed by atoms with E-state index in [0.29, 0.717) is 0 Å². The highest BCUT2D eigenvalue weighted by Crippen LogP contribution is 2.21. The highest BCUT2D eigenvalue weighted by atomic mass is 16.1. The first-order valence-electron chi connectivity index (χ1n) is 4.26. The lowest BCUT2D eigenvalue weighted by molar-refractivity contribution is 0.112. The van der Waals surface area contributed by atoms with Gasteiger partial charge in [0.25, 0.3) is 0 Å². The molecule has 0 atom stereocenters. The third-order valence-electron chi connectivity index (χ3n) is 2.41. The Kier molecular flexibility index (Phi) is 1.68. The van der Waals surface area contributed by atoms with Crippen LogP contribution in [0, 0.1) is 6.92 Å². The largest absolute Gasteiger partial charge is 0.298 e. The quantitative estimate of drug-likeness (QED) is 0.587. The second-order valence-electron chi connectivity index (χ2n) is 3.24. The molecule has 2 heteroatoms. The molecule has 0 bridgehead atoms. The van der Waals surface area contributed by atoms with E-state index in [9.17, 15) is 4.79 Å². The van der Waals surface area contributed by atoms with Crippen LogP contribution in [0.25, 0.3) is 0 Å². The first-order chi connectivity index (χ1) is 5.81. The summed E-state index contributed by atoms with van der Waals surface area (Å²) in [4.78, 5) is 15.0. The van der Waals surface area contributed by atoms with Crippen LogP contribution in [0.2, 0.25) is 0 Å². The minimum atomic E-state index is 0.746. The van der Waals surface area contributed by atoms with Gasteiger partial charge in [-0.15, -0.1) is 0 Å². The van der Waals surface area contributed by atoms with E-state index in [4.69, 9.17) is 0 Å². The Hall–Kier alpha value is -1.18. The fourth-order valence-electron chi connectivity index (χ4n) is 1.71. The van der Waals surface area contributed by atoms with Crippen molar-refractivity contribution in [1.82, 2.24) is 4.98 Å². The van der Waals surface area contributed by atoms with Gasteiger partial charge in [-0.1, -0.05) is 0 Å². The maximum atomic E-state index is 10.6. The molecule has 0 amide bonds. The fourth-order valence-corrected chi connectivity index (χ4v) is 1.71. The number of rotatable bonds is 1. The summed E-state index contributed by atoms with van der Waals surface area (Å²) >= 11 is 0. The number of hydrogen-bond acceptors (Lipinski definition) is 2. The van der Waals surface area contributed by atoms with E-state index in [0.717, 1.165) is 30.4 Å². The summed E-state index contributed by atoms with van der Waals surface area (Å²) in [6, 6.07) is 1.98. The van der Waals surface area contributed by atoms with Crippen LogP contribution in [0.1, 0.15) is 33.7 Å². The molecule has 12 heavy (non-hydrogen) atoms. The third-order valence-corrected chi connectivity index (χ3v) is 2.41. The molecule has 1 aliphatic carbocycles. The normalized spacial score (nSPS) is 14.4. The number of fused-ring (bicyclic) bond motifs is 1. The van der Waals surface area contributed by atoms with Crippen LogP contribution in [0.3, 0.4) is 0 Å². The molecule has 0 aromatic carbocycles. The summed E-state index contributed by atoms with van der Waals surface area (Å²) in [5.41, 5.74) is 4.07. The Morgan fingerprint density at radius 3 is 3.08 bits per heavy atom. The van der Waals surface area contributed by atoms with Gasteiger partial charge in [0.1, 0.15) is 0 Å². The Morgan fingerprint density at radius 2 is 2.33 bits per heavy atom. The molecule has 0 spiro atoms. The molecule has 0 radical (unpaired) electrons. The van der Waals surface area contributed by atoms with E-state index in [1.807, 2.05) is 13.0 Å². The lowest BCUT2D eigenvalue weighted by atomic mass is 10.1. The lowest BCUT2D eigenvalue weighted by Gasteiger charge is -2.02. The minimum absolute atomic E-state index is 0.746. The molecule has 2 nitrogen and oxygen atoms in total. The first kappa shape index (κ1) is 7.47. The zero-order valence-electron chi connectivity index (χ0n) is 7.13. The third kappa shape index (κ3) is 1.04. The molecule has 1 heterocycles. The molecule has 0 saturated heterocycles. The van der Waals surface area contributed by atoms with Crippen LogP contribution >= 0.6 is 0 Å². The van der Waals surface area contributed by atoms with Crippen molar-refractivity contribution in [3.8, 4) is 0 Å². The Bertz CT molecular complexity index is 331. The van der Waals surface area contributed by atoms with Crippen molar-refractivity contribution >= 4 is 6.29 Å². The minimum Gasteiger partial charge on any atom is -0.298 e. The summed E-state index contributed by atoms with van der Waals surface area (Å²) in [6.45, 7) is 1.89. The first-order valence-corrected chi connectivity index (χ1v) is 4.26. The van der Waals surface area contributed by atoms with E-state index in [2.05, 4.69) is 4.98 Å². The van der Waals surface area contributed by atoms with Gasteiger partial charge in [-0.3, -0.25) is 9.78 Å². The number of pyridine rings is 1. The van der Waals surface area contributed by atoms with Gasteiger partial charge in [0.2, 0.25) is 0 Å². The number of aldehydes is 1. The van der Waals surface area contributed by atoms with Crippen molar-refractivity contribution in [2.45, 2.75) is 26.2 Å². The monoisotopic (exact) mass is 161 g/mol. The molecule has 1 aliphatic rings. The molecule has 0 N–H and O–H groups in total. The van der Waals surface area contributed by atoms with E-state index >= 15 is 0 Å². The molecule has 0 saturated carbocycles. The fraction of sp³-hybridized carbons (Fsp3) is 0.400. The zero-order valence-corrected chi connectivity index (χ0v) is 7.13. The topological polar surface area (TPSA) is 30.0 Å². The smallest absolute Gasteiger partial charge is 0.151 e. The lowest BCUT2D eigenvalue weighted by Crippen LogP contribution is -1.96. The van der Waals surface area contributed by atoms with Gasteiger partial charge in [0.05, 0.1) is 0 Å². The summed E-state index contributed by atoms with van der Waals surface area (Å²) in [7, 11) is 0. The molecular weight excluding hydrogens is 150 g/mol. The van der Waals surface area contributed by atoms with Gasteiger partial charge < -0.3 is 0 Å². The standard InChI is InChI=1S/C10H11NO/c1-7-9(6-12)5-8-3-2-4-10(8)11-7/h5-6H,2-4H2,1H3. The average molecular weight is 161 g/mol. The summed E-state index contributed by atoms with van der Waals surface area (Å²) in [5.74, 6) is 0. The number of aromatic nitrogens is 1. The second kappa shape index (κ2) is 2.70. The molecule has 62 valence electrons. The van der Waals surface area contributed by atoms with Gasteiger partial charge in [0, 0.05) is 17.0 Å². The number of carbonyl (C=O) groups excluding carboxylic acids is 1. The van der Waals surface area contributed by atoms with Crippen LogP contribution in [0.4, 0.5) is 0 Å². The SMILES string of the molecule is Cc1nc2c(cc1C=O)CCC2. The van der Waals surface area contributed by atoms with Crippen molar-refractivity contribution in [2.75, 3.05) is 0 Å². The molecule has 0 fully saturated rings. The van der Waals surface area contributed by atoms with E-state index < -0.39 is 0 Å². The van der Waals surface area contributed by atoms with Crippen molar-refractivity contribution in [1.29, 1.82) is 0 Å². The maximum Gasteiger partial charge on any atom is 0.151 e. The number of hydrogen-bond donors (Lipinski definition) is 0. The van der Waals surface area contributed by atoms with Gasteiger partial charge in [-0.05, 0) is 37.8 Å². The molecule has 2 rings (SSSR count). The number of aryl methyl sites for hydroxylation is 3. The van der Waals surface area contributed by atoms with Crippen molar-refractivity contribution in [3.05, 3.63) is 28.6 Å². The predicted octanol–water partition coefficient (Wildman–Crippen LogP) is 1.69. The van der Waals surface area contributed by atoms with E-state index in [-0.39, 0.29) is 0 Å². The summed E-state index contributed by atoms with van der Waals surface area (Å²) in [6.07, 6.45) is 4.24.